The summed E-state index contributed by atoms with van der Waals surface area (Å²) in [6.07, 6.45) is -0.230. The summed E-state index contributed by atoms with van der Waals surface area (Å²) in [5.41, 5.74) is 5.84. The van der Waals surface area contributed by atoms with E-state index in [-0.39, 0.29) is 52.3 Å². The van der Waals surface area contributed by atoms with Gasteiger partial charge in [0.05, 0.1) is 6.42 Å². The molecule has 2 amide bonds. The van der Waals surface area contributed by atoms with Gasteiger partial charge in [0, 0.05) is 16.7 Å². The number of nitrogens with zero attached hydrogens (tertiary/aromatic N) is 3. The number of hydrogen-bond donors (Lipinski definition) is 5. The zero-order chi connectivity index (χ0) is 27.6. The Balaban J connectivity index is 1.43. The lowest BCUT2D eigenvalue weighted by molar-refractivity contribution is -0.150. The van der Waals surface area contributed by atoms with Gasteiger partial charge in [-0.3, -0.25) is 19.3 Å². The molecule has 2 aliphatic rings. The molecule has 6 N–H and O–H groups in total. The number of aliphatic carboxylic acids is 1. The molecule has 0 bridgehead atoms. The number of β-lactam (4-membered cyclic amide) rings is 1. The number of aromatic nitrogens is 1. The monoisotopic (exact) mass is 563 g/mol. The molecule has 2 aromatic rings. The third kappa shape index (κ3) is 5.35. The fraction of sp³-hybridized carbons (Fsp3) is 0.273. The van der Waals surface area contributed by atoms with E-state index < -0.39 is 40.9 Å². The van der Waals surface area contributed by atoms with E-state index in [0.717, 1.165) is 16.2 Å². The normalized spacial score (nSPS) is 18.9. The summed E-state index contributed by atoms with van der Waals surface area (Å²) in [6.45, 7) is -0.374. The highest BCUT2D eigenvalue weighted by Gasteiger charge is 2.54. The van der Waals surface area contributed by atoms with Gasteiger partial charge in [-0.15, -0.1) is 23.1 Å². The van der Waals surface area contributed by atoms with Crippen LogP contribution in [0.5, 0.6) is 11.5 Å². The number of carboxylic acids is 1. The number of hydrogen-bond acceptors (Lipinski definition) is 13. The first-order valence-electron chi connectivity index (χ1n) is 10.8. The minimum atomic E-state index is -1.39. The van der Waals surface area contributed by atoms with Crippen molar-refractivity contribution in [3.8, 4) is 11.5 Å². The molecule has 2 unspecified atom stereocenters. The Bertz CT molecular complexity index is 1370. The summed E-state index contributed by atoms with van der Waals surface area (Å²) < 4.78 is 5.21. The SMILES string of the molecule is CO/N=C(\C(=O)NC1C(=O)N2C(C(=O)O)=C(COC(=O)Cc3ccc(O)c(O)c3)CSC12)c1csc(N)n1. The molecule has 0 spiro atoms. The van der Waals surface area contributed by atoms with Crippen LogP contribution in [-0.2, 0) is 35.2 Å². The predicted octanol–water partition coefficient (Wildman–Crippen LogP) is 0.0115. The number of nitrogens with two attached hydrogens (primary N) is 1. The summed E-state index contributed by atoms with van der Waals surface area (Å²) in [4.78, 5) is 59.7. The molecule has 200 valence electrons. The smallest absolute Gasteiger partial charge is 0.352 e. The Morgan fingerprint density at radius 3 is 2.68 bits per heavy atom. The molecule has 2 atom stereocenters. The average molecular weight is 564 g/mol. The van der Waals surface area contributed by atoms with Gasteiger partial charge in [0.25, 0.3) is 11.8 Å². The predicted molar refractivity (Wildman–Crippen MR) is 134 cm³/mol. The van der Waals surface area contributed by atoms with Crippen molar-refractivity contribution in [2.75, 3.05) is 25.2 Å². The quantitative estimate of drug-likeness (QED) is 0.0897. The molecule has 14 nitrogen and oxygen atoms in total. The minimum absolute atomic E-state index is 0.122. The summed E-state index contributed by atoms with van der Waals surface area (Å²) in [5.74, 6) is -4.11. The molecule has 1 aromatic heterocycles. The number of phenolic OH excluding ortho intramolecular Hbond substituents is 2. The molecule has 1 aromatic carbocycles. The van der Waals surface area contributed by atoms with Crippen molar-refractivity contribution in [2.24, 2.45) is 5.16 Å². The summed E-state index contributed by atoms with van der Waals surface area (Å²) >= 11 is 2.28. The van der Waals surface area contributed by atoms with Gasteiger partial charge in [-0.25, -0.2) is 9.78 Å². The number of carbonyl (C=O) groups excluding carboxylic acids is 3. The first-order valence-corrected chi connectivity index (χ1v) is 12.7. The number of carbonyl (C=O) groups is 4. The van der Waals surface area contributed by atoms with Crippen LogP contribution in [0.15, 0.2) is 40.0 Å². The van der Waals surface area contributed by atoms with E-state index in [2.05, 4.69) is 15.5 Å². The van der Waals surface area contributed by atoms with E-state index >= 15 is 0 Å². The second-order valence-corrected chi connectivity index (χ2v) is 9.97. The fourth-order valence-corrected chi connectivity index (χ4v) is 5.64. The molecule has 0 saturated carbocycles. The molecule has 0 aliphatic carbocycles. The number of nitrogen functional groups attached to an aromatic ring is 1. The second-order valence-electron chi connectivity index (χ2n) is 7.97. The number of thioether (sulfide) groups is 1. The maximum atomic E-state index is 12.9. The first kappa shape index (κ1) is 26.7. The number of anilines is 1. The summed E-state index contributed by atoms with van der Waals surface area (Å²) in [5, 5.41) is 35.9. The number of carboxylic acid groups (broad SMARTS) is 1. The van der Waals surface area contributed by atoms with Gasteiger partial charge in [0.2, 0.25) is 0 Å². The van der Waals surface area contributed by atoms with Crippen LogP contribution in [0.3, 0.4) is 0 Å². The Morgan fingerprint density at radius 1 is 1.29 bits per heavy atom. The van der Waals surface area contributed by atoms with E-state index in [4.69, 9.17) is 15.3 Å². The van der Waals surface area contributed by atoms with Crippen LogP contribution in [0.1, 0.15) is 11.3 Å². The molecule has 38 heavy (non-hydrogen) atoms. The summed E-state index contributed by atoms with van der Waals surface area (Å²) in [7, 11) is 1.24. The van der Waals surface area contributed by atoms with Crippen molar-refractivity contribution in [1.29, 1.82) is 0 Å². The van der Waals surface area contributed by atoms with Crippen LogP contribution in [0, 0.1) is 0 Å². The van der Waals surface area contributed by atoms with Gasteiger partial charge in [0.1, 0.15) is 36.5 Å². The number of ether oxygens (including phenoxy) is 1. The minimum Gasteiger partial charge on any atom is -0.504 e. The van der Waals surface area contributed by atoms with Gasteiger partial charge in [0.15, 0.2) is 22.3 Å². The molecule has 1 fully saturated rings. The maximum Gasteiger partial charge on any atom is 0.352 e. The number of amides is 2. The van der Waals surface area contributed by atoms with Crippen molar-refractivity contribution in [2.45, 2.75) is 17.8 Å². The first-order chi connectivity index (χ1) is 18.1. The number of benzene rings is 1. The highest BCUT2D eigenvalue weighted by atomic mass is 32.2. The van der Waals surface area contributed by atoms with Gasteiger partial charge in [-0.2, -0.15) is 0 Å². The van der Waals surface area contributed by atoms with E-state index in [1.54, 1.807) is 0 Å². The van der Waals surface area contributed by atoms with E-state index in [1.807, 2.05) is 0 Å². The van der Waals surface area contributed by atoms with Gasteiger partial charge >= 0.3 is 11.9 Å². The van der Waals surface area contributed by atoms with Crippen molar-refractivity contribution < 1.29 is 44.1 Å². The highest BCUT2D eigenvalue weighted by molar-refractivity contribution is 8.00. The van der Waals surface area contributed by atoms with Crippen molar-refractivity contribution in [3.63, 3.8) is 0 Å². The van der Waals surface area contributed by atoms with E-state index in [0.29, 0.717) is 5.56 Å². The standard InChI is InChI=1S/C22H21N5O9S2/c1-35-26-15(11-8-38-22(23)24-11)18(31)25-16-19(32)27-17(21(33)34)10(7-37-20(16)27)6-36-14(30)5-9-2-3-12(28)13(29)4-9/h2-4,8,16,20,28-29H,5-7H2,1H3,(H2,23,24)(H,25,31)(H,33,34)/b26-15-. The van der Waals surface area contributed by atoms with Crippen molar-refractivity contribution >= 4 is 57.7 Å². The molecular formula is C22H21N5O9S2. The van der Waals surface area contributed by atoms with Gasteiger partial charge in [-0.05, 0) is 17.7 Å². The molecule has 16 heteroatoms. The molecule has 2 aliphatic heterocycles. The Labute approximate surface area is 222 Å². The van der Waals surface area contributed by atoms with Crippen molar-refractivity contribution in [3.05, 3.63) is 46.1 Å². The van der Waals surface area contributed by atoms with Crippen molar-refractivity contribution in [1.82, 2.24) is 15.2 Å². The Kier molecular flexibility index (Phi) is 7.72. The Morgan fingerprint density at radius 2 is 2.05 bits per heavy atom. The van der Waals surface area contributed by atoms with Crippen LogP contribution in [0.25, 0.3) is 0 Å². The molecule has 1 saturated heterocycles. The number of aromatic hydroxyl groups is 2. The lowest BCUT2D eigenvalue weighted by Gasteiger charge is -2.49. The third-order valence-electron chi connectivity index (χ3n) is 5.49. The number of esters is 1. The third-order valence-corrected chi connectivity index (χ3v) is 7.51. The molecule has 3 heterocycles. The van der Waals surface area contributed by atoms with Crippen LogP contribution < -0.4 is 11.1 Å². The molecule has 0 radical (unpaired) electrons. The fourth-order valence-electron chi connectivity index (χ4n) is 3.76. The van der Waals surface area contributed by atoms with Crippen LogP contribution >= 0.6 is 23.1 Å². The number of fused-ring (bicyclic) bond motifs is 1. The summed E-state index contributed by atoms with van der Waals surface area (Å²) in [6, 6.07) is 2.82. The topological polar surface area (TPSA) is 214 Å². The van der Waals surface area contributed by atoms with Gasteiger partial charge in [-0.1, -0.05) is 11.2 Å². The number of thiazole rings is 1. The molecular weight excluding hydrogens is 542 g/mol. The van der Waals surface area contributed by atoms with Crippen LogP contribution in [0.4, 0.5) is 5.13 Å². The number of nitrogens with one attached hydrogen (secondary N) is 1. The van der Waals surface area contributed by atoms with Crippen LogP contribution in [0.2, 0.25) is 0 Å². The lowest BCUT2D eigenvalue weighted by Crippen LogP contribution is -2.71. The van der Waals surface area contributed by atoms with Gasteiger partial charge < -0.3 is 35.9 Å². The zero-order valence-corrected chi connectivity index (χ0v) is 21.2. The zero-order valence-electron chi connectivity index (χ0n) is 19.6. The average Bonchev–Trinajstić information content (AvgIpc) is 3.31. The van der Waals surface area contributed by atoms with E-state index in [9.17, 15) is 34.5 Å². The largest absolute Gasteiger partial charge is 0.504 e. The highest BCUT2D eigenvalue weighted by Crippen LogP contribution is 2.40. The number of phenols is 2. The molecule has 4 rings (SSSR count). The Hall–Kier alpha value is -4.31. The second kappa shape index (κ2) is 11.0. The number of rotatable bonds is 9. The lowest BCUT2D eigenvalue weighted by atomic mass is 10.0. The maximum absolute atomic E-state index is 12.9. The van der Waals surface area contributed by atoms with E-state index in [1.165, 1.54) is 42.5 Å². The number of oxime groups is 1. The van der Waals surface area contributed by atoms with Crippen LogP contribution in [-0.4, -0.2) is 85.6 Å².